The van der Waals surface area contributed by atoms with E-state index in [1.165, 1.54) is 12.5 Å². The Morgan fingerprint density at radius 2 is 2.07 bits per heavy atom. The lowest BCUT2D eigenvalue weighted by molar-refractivity contribution is -0.137. The van der Waals surface area contributed by atoms with Crippen molar-refractivity contribution in [1.82, 2.24) is 0 Å². The van der Waals surface area contributed by atoms with Crippen LogP contribution in [-0.2, 0) is 9.59 Å². The van der Waals surface area contributed by atoms with E-state index in [9.17, 15) is 9.59 Å². The van der Waals surface area contributed by atoms with Crippen LogP contribution < -0.4 is 0 Å². The van der Waals surface area contributed by atoms with E-state index >= 15 is 0 Å². The molecule has 1 saturated carbocycles. The van der Waals surface area contributed by atoms with Crippen LogP contribution in [0.5, 0.6) is 0 Å². The molecule has 0 aromatic rings. The summed E-state index contributed by atoms with van der Waals surface area (Å²) in [5.74, 6) is -0.624. The molecule has 1 atom stereocenters. The number of aliphatic carboxylic acids is 1. The van der Waals surface area contributed by atoms with Gasteiger partial charge in [0.25, 0.3) is 0 Å². The lowest BCUT2D eigenvalue weighted by Gasteiger charge is -2.25. The molecule has 1 N–H and O–H groups in total. The number of hydrogen-bond donors (Lipinski definition) is 1. The first kappa shape index (κ1) is 10.9. The van der Waals surface area contributed by atoms with Crippen molar-refractivity contribution in [1.29, 1.82) is 0 Å². The van der Waals surface area contributed by atoms with Gasteiger partial charge in [-0.05, 0) is 18.8 Å². The number of carboxylic acid groups (broad SMARTS) is 1. The molecule has 4 heteroatoms. The third-order valence-electron chi connectivity index (χ3n) is 2.80. The summed E-state index contributed by atoms with van der Waals surface area (Å²) in [5.41, 5.74) is 0. The second kappa shape index (κ2) is 5.55. The van der Waals surface area contributed by atoms with Gasteiger partial charge in [-0.2, -0.15) is 0 Å². The highest BCUT2D eigenvalue weighted by molar-refractivity contribution is 5.67. The average molecular weight is 197 g/mol. The molecule has 0 aromatic heterocycles. The highest BCUT2D eigenvalue weighted by atomic mass is 16.4. The second-order valence-corrected chi connectivity index (χ2v) is 3.78. The first-order chi connectivity index (χ1) is 6.74. The molecule has 1 aliphatic rings. The average Bonchev–Trinajstić information content (AvgIpc) is 2.18. The quantitative estimate of drug-likeness (QED) is 0.551. The van der Waals surface area contributed by atoms with E-state index in [-0.39, 0.29) is 18.4 Å². The maximum absolute atomic E-state index is 10.5. The fourth-order valence-electron chi connectivity index (χ4n) is 2.08. The van der Waals surface area contributed by atoms with Crippen molar-refractivity contribution in [2.45, 2.75) is 44.6 Å². The molecule has 1 unspecified atom stereocenters. The SMILES string of the molecule is O=C=NC(CC(=O)O)C1CCCCC1. The van der Waals surface area contributed by atoms with Gasteiger partial charge in [-0.3, -0.25) is 4.79 Å². The zero-order valence-electron chi connectivity index (χ0n) is 8.11. The summed E-state index contributed by atoms with van der Waals surface area (Å²) in [4.78, 5) is 24.3. The lowest BCUT2D eigenvalue weighted by atomic mass is 9.83. The Morgan fingerprint density at radius 1 is 1.43 bits per heavy atom. The fourth-order valence-corrected chi connectivity index (χ4v) is 2.08. The van der Waals surface area contributed by atoms with Crippen molar-refractivity contribution in [2.24, 2.45) is 10.9 Å². The molecule has 0 aliphatic heterocycles. The van der Waals surface area contributed by atoms with Gasteiger partial charge in [-0.25, -0.2) is 9.79 Å². The van der Waals surface area contributed by atoms with Gasteiger partial charge in [-0.15, -0.1) is 0 Å². The van der Waals surface area contributed by atoms with Crippen molar-refractivity contribution in [3.8, 4) is 0 Å². The van der Waals surface area contributed by atoms with Gasteiger partial charge in [0.2, 0.25) is 6.08 Å². The second-order valence-electron chi connectivity index (χ2n) is 3.78. The van der Waals surface area contributed by atoms with E-state index in [0.29, 0.717) is 0 Å². The number of aliphatic imine (C=N–C) groups is 1. The van der Waals surface area contributed by atoms with E-state index < -0.39 is 5.97 Å². The van der Waals surface area contributed by atoms with Crippen LogP contribution in [0.15, 0.2) is 4.99 Å². The Hall–Kier alpha value is -1.15. The summed E-state index contributed by atoms with van der Waals surface area (Å²) < 4.78 is 0. The monoisotopic (exact) mass is 197 g/mol. The number of carboxylic acids is 1. The minimum Gasteiger partial charge on any atom is -0.481 e. The minimum atomic E-state index is -0.889. The molecule has 0 amide bonds. The Kier molecular flexibility index (Phi) is 4.33. The summed E-state index contributed by atoms with van der Waals surface area (Å²) in [7, 11) is 0. The first-order valence-electron chi connectivity index (χ1n) is 5.03. The van der Waals surface area contributed by atoms with Crippen LogP contribution >= 0.6 is 0 Å². The lowest BCUT2D eigenvalue weighted by Crippen LogP contribution is -2.24. The number of rotatable bonds is 4. The van der Waals surface area contributed by atoms with Gasteiger partial charge < -0.3 is 5.11 Å². The summed E-state index contributed by atoms with van der Waals surface area (Å²) in [6.45, 7) is 0. The summed E-state index contributed by atoms with van der Waals surface area (Å²) in [5, 5.41) is 8.65. The molecule has 0 heterocycles. The van der Waals surface area contributed by atoms with E-state index in [2.05, 4.69) is 4.99 Å². The van der Waals surface area contributed by atoms with Crippen LogP contribution in [0.1, 0.15) is 38.5 Å². The first-order valence-corrected chi connectivity index (χ1v) is 5.03. The molecule has 1 rings (SSSR count). The Balaban J connectivity index is 2.55. The van der Waals surface area contributed by atoms with Crippen molar-refractivity contribution in [3.05, 3.63) is 0 Å². The van der Waals surface area contributed by atoms with Crippen LogP contribution in [0.2, 0.25) is 0 Å². The summed E-state index contributed by atoms with van der Waals surface area (Å²) in [6.07, 6.45) is 6.87. The molecule has 0 aromatic carbocycles. The largest absolute Gasteiger partial charge is 0.481 e. The molecule has 4 nitrogen and oxygen atoms in total. The summed E-state index contributed by atoms with van der Waals surface area (Å²) >= 11 is 0. The molecular formula is C10H15NO3. The number of hydrogen-bond acceptors (Lipinski definition) is 3. The Bertz CT molecular complexity index is 240. The standard InChI is InChI=1S/C10H15NO3/c12-7-11-9(6-10(13)14)8-4-2-1-3-5-8/h8-9H,1-6H2,(H,13,14). The van der Waals surface area contributed by atoms with Gasteiger partial charge in [0.05, 0.1) is 12.5 Å². The van der Waals surface area contributed by atoms with Crippen molar-refractivity contribution >= 4 is 12.0 Å². The number of carbonyl (C=O) groups excluding carboxylic acids is 1. The predicted octanol–water partition coefficient (Wildman–Crippen LogP) is 1.75. The number of isocyanates is 1. The van der Waals surface area contributed by atoms with Crippen molar-refractivity contribution < 1.29 is 14.7 Å². The molecule has 1 fully saturated rings. The molecule has 1 aliphatic carbocycles. The smallest absolute Gasteiger partial charge is 0.305 e. The van der Waals surface area contributed by atoms with Gasteiger partial charge in [-0.1, -0.05) is 19.3 Å². The normalized spacial score (nSPS) is 19.7. The van der Waals surface area contributed by atoms with Crippen molar-refractivity contribution in [3.63, 3.8) is 0 Å². The maximum atomic E-state index is 10.5. The molecule has 0 spiro atoms. The fraction of sp³-hybridized carbons (Fsp3) is 0.800. The molecule has 0 bridgehead atoms. The maximum Gasteiger partial charge on any atom is 0.305 e. The van der Waals surface area contributed by atoms with Gasteiger partial charge in [0.15, 0.2) is 0 Å². The highest BCUT2D eigenvalue weighted by Gasteiger charge is 2.25. The molecule has 78 valence electrons. The van der Waals surface area contributed by atoms with E-state index in [4.69, 9.17) is 5.11 Å². The van der Waals surface area contributed by atoms with Gasteiger partial charge in [0, 0.05) is 0 Å². The van der Waals surface area contributed by atoms with Gasteiger partial charge >= 0.3 is 5.97 Å². The zero-order chi connectivity index (χ0) is 10.4. The van der Waals surface area contributed by atoms with Gasteiger partial charge in [0.1, 0.15) is 0 Å². The third-order valence-corrected chi connectivity index (χ3v) is 2.80. The summed E-state index contributed by atoms with van der Waals surface area (Å²) in [6, 6.07) is -0.356. The van der Waals surface area contributed by atoms with Crippen molar-refractivity contribution in [2.75, 3.05) is 0 Å². The van der Waals surface area contributed by atoms with E-state index in [1.807, 2.05) is 0 Å². The zero-order valence-corrected chi connectivity index (χ0v) is 8.11. The third kappa shape index (κ3) is 3.30. The van der Waals surface area contributed by atoms with Crippen LogP contribution in [0, 0.1) is 5.92 Å². The topological polar surface area (TPSA) is 66.7 Å². The van der Waals surface area contributed by atoms with E-state index in [0.717, 1.165) is 25.7 Å². The van der Waals surface area contributed by atoms with Crippen LogP contribution in [0.3, 0.4) is 0 Å². The predicted molar refractivity (Wildman–Crippen MR) is 50.7 cm³/mol. The Morgan fingerprint density at radius 3 is 2.57 bits per heavy atom. The van der Waals surface area contributed by atoms with Crippen LogP contribution in [0.25, 0.3) is 0 Å². The molecule has 0 radical (unpaired) electrons. The number of nitrogens with zero attached hydrogens (tertiary/aromatic N) is 1. The highest BCUT2D eigenvalue weighted by Crippen LogP contribution is 2.29. The van der Waals surface area contributed by atoms with Crippen LogP contribution in [-0.4, -0.2) is 23.2 Å². The molecular weight excluding hydrogens is 182 g/mol. The molecule has 0 saturated heterocycles. The van der Waals surface area contributed by atoms with Crippen LogP contribution in [0.4, 0.5) is 0 Å². The molecule has 14 heavy (non-hydrogen) atoms. The minimum absolute atomic E-state index is 0.0418. The number of carbonyl (C=O) groups is 1. The van der Waals surface area contributed by atoms with E-state index in [1.54, 1.807) is 0 Å². The Labute approximate surface area is 83.0 Å².